The summed E-state index contributed by atoms with van der Waals surface area (Å²) in [6, 6.07) is 1.70. The van der Waals surface area contributed by atoms with Crippen LogP contribution in [0.4, 0.5) is 4.39 Å². The van der Waals surface area contributed by atoms with Gasteiger partial charge in [-0.1, -0.05) is 0 Å². The van der Waals surface area contributed by atoms with Crippen molar-refractivity contribution in [2.75, 3.05) is 20.2 Å². The quantitative estimate of drug-likeness (QED) is 0.774. The van der Waals surface area contributed by atoms with E-state index < -0.39 is 0 Å². The molecule has 76 valence electrons. The molecule has 2 heterocycles. The van der Waals surface area contributed by atoms with E-state index >= 15 is 0 Å². The van der Waals surface area contributed by atoms with Gasteiger partial charge in [0.1, 0.15) is 5.82 Å². The van der Waals surface area contributed by atoms with E-state index in [0.717, 1.165) is 13.1 Å². The molecule has 0 amide bonds. The van der Waals surface area contributed by atoms with E-state index in [9.17, 15) is 4.39 Å². The van der Waals surface area contributed by atoms with Gasteiger partial charge in [0, 0.05) is 32.8 Å². The van der Waals surface area contributed by atoms with Crippen molar-refractivity contribution in [1.82, 2.24) is 10.3 Å². The minimum absolute atomic E-state index is 0.220. The van der Waals surface area contributed by atoms with Crippen molar-refractivity contribution in [2.24, 2.45) is 0 Å². The normalized spacial score (nSPS) is 19.0. The van der Waals surface area contributed by atoms with E-state index in [1.165, 1.54) is 6.20 Å². The van der Waals surface area contributed by atoms with Crippen LogP contribution in [-0.2, 0) is 11.2 Å². The van der Waals surface area contributed by atoms with E-state index in [2.05, 4.69) is 10.3 Å². The number of hydrogen-bond acceptors (Lipinski definition) is 3. The van der Waals surface area contributed by atoms with Gasteiger partial charge < -0.3 is 10.1 Å². The van der Waals surface area contributed by atoms with Gasteiger partial charge in [-0.05, 0) is 11.6 Å². The second-order valence-electron chi connectivity index (χ2n) is 3.63. The van der Waals surface area contributed by atoms with Crippen molar-refractivity contribution in [2.45, 2.75) is 12.0 Å². The Balaban J connectivity index is 2.13. The molecule has 1 aliphatic rings. The van der Waals surface area contributed by atoms with Gasteiger partial charge in [-0.3, -0.25) is 4.98 Å². The van der Waals surface area contributed by atoms with E-state index in [-0.39, 0.29) is 11.4 Å². The molecule has 1 fully saturated rings. The molecule has 14 heavy (non-hydrogen) atoms. The number of hydrogen-bond donors (Lipinski definition) is 1. The van der Waals surface area contributed by atoms with Gasteiger partial charge >= 0.3 is 0 Å². The summed E-state index contributed by atoms with van der Waals surface area (Å²) in [5, 5.41) is 3.13. The second kappa shape index (κ2) is 3.63. The lowest BCUT2D eigenvalue weighted by atomic mass is 9.89. The number of rotatable bonds is 3. The molecular formula is C10H13FN2O. The lowest BCUT2D eigenvalue weighted by molar-refractivity contribution is -0.0507. The van der Waals surface area contributed by atoms with E-state index in [4.69, 9.17) is 4.74 Å². The molecule has 1 aromatic rings. The molecule has 4 heteroatoms. The first-order valence-electron chi connectivity index (χ1n) is 4.60. The monoisotopic (exact) mass is 196 g/mol. The topological polar surface area (TPSA) is 34.1 Å². The molecule has 0 unspecified atom stereocenters. The number of ether oxygens (including phenoxy) is 1. The third-order valence-electron chi connectivity index (χ3n) is 2.70. The van der Waals surface area contributed by atoms with Gasteiger partial charge in [-0.15, -0.1) is 0 Å². The lowest BCUT2D eigenvalue weighted by Gasteiger charge is -2.41. The van der Waals surface area contributed by atoms with Gasteiger partial charge in [0.2, 0.25) is 0 Å². The van der Waals surface area contributed by atoms with Crippen molar-refractivity contribution in [3.63, 3.8) is 0 Å². The number of aromatic nitrogens is 1. The highest BCUT2D eigenvalue weighted by molar-refractivity contribution is 5.17. The predicted molar refractivity (Wildman–Crippen MR) is 50.5 cm³/mol. The fourth-order valence-corrected chi connectivity index (χ4v) is 1.64. The minimum atomic E-state index is -0.254. The zero-order valence-electron chi connectivity index (χ0n) is 8.09. The molecule has 0 atom stereocenters. The molecule has 1 N–H and O–H groups in total. The Morgan fingerprint density at radius 2 is 2.43 bits per heavy atom. The van der Waals surface area contributed by atoms with Crippen LogP contribution in [0.5, 0.6) is 0 Å². The van der Waals surface area contributed by atoms with Gasteiger partial charge in [0.05, 0.1) is 11.8 Å². The Labute approximate surface area is 82.3 Å². The molecule has 2 rings (SSSR count). The molecule has 0 saturated carbocycles. The summed E-state index contributed by atoms with van der Waals surface area (Å²) < 4.78 is 18.7. The molecule has 1 aliphatic heterocycles. The van der Waals surface area contributed by atoms with Crippen LogP contribution in [0.25, 0.3) is 0 Å². The van der Waals surface area contributed by atoms with Gasteiger partial charge in [0.15, 0.2) is 0 Å². The zero-order valence-corrected chi connectivity index (χ0v) is 8.09. The maximum absolute atomic E-state index is 13.3. The fourth-order valence-electron chi connectivity index (χ4n) is 1.64. The van der Waals surface area contributed by atoms with Gasteiger partial charge in [-0.25, -0.2) is 4.39 Å². The van der Waals surface area contributed by atoms with E-state index in [0.29, 0.717) is 12.0 Å². The highest BCUT2D eigenvalue weighted by Crippen LogP contribution is 2.22. The van der Waals surface area contributed by atoms with Crippen molar-refractivity contribution in [3.05, 3.63) is 29.8 Å². The maximum Gasteiger partial charge on any atom is 0.144 e. The number of nitrogens with zero attached hydrogens (tertiary/aromatic N) is 1. The summed E-state index contributed by atoms with van der Waals surface area (Å²) in [7, 11) is 1.67. The van der Waals surface area contributed by atoms with Gasteiger partial charge in [-0.2, -0.15) is 0 Å². The number of methoxy groups -OCH3 is 1. The van der Waals surface area contributed by atoms with Crippen LogP contribution in [0.1, 0.15) is 5.56 Å². The molecule has 1 saturated heterocycles. The van der Waals surface area contributed by atoms with E-state index in [1.807, 2.05) is 0 Å². The molecule has 0 aromatic carbocycles. The molecule has 0 spiro atoms. The fraction of sp³-hybridized carbons (Fsp3) is 0.500. The van der Waals surface area contributed by atoms with Gasteiger partial charge in [0.25, 0.3) is 0 Å². The number of nitrogens with one attached hydrogen (secondary N) is 1. The van der Waals surface area contributed by atoms with Crippen LogP contribution in [0.3, 0.4) is 0 Å². The first-order chi connectivity index (χ1) is 6.76. The molecule has 0 bridgehead atoms. The zero-order chi connectivity index (χ0) is 10.0. The Kier molecular flexibility index (Phi) is 2.48. The second-order valence-corrected chi connectivity index (χ2v) is 3.63. The summed E-state index contributed by atoms with van der Waals surface area (Å²) in [6.45, 7) is 1.57. The molecule has 1 aromatic heterocycles. The van der Waals surface area contributed by atoms with E-state index in [1.54, 1.807) is 19.4 Å². The lowest BCUT2D eigenvalue weighted by Crippen LogP contribution is -2.62. The van der Waals surface area contributed by atoms with Crippen LogP contribution in [0.2, 0.25) is 0 Å². The summed E-state index contributed by atoms with van der Waals surface area (Å²) in [5.41, 5.74) is 0.450. The Morgan fingerprint density at radius 1 is 1.64 bits per heavy atom. The van der Waals surface area contributed by atoms with Crippen molar-refractivity contribution in [1.29, 1.82) is 0 Å². The first kappa shape index (κ1) is 9.55. The van der Waals surface area contributed by atoms with Crippen molar-refractivity contribution >= 4 is 0 Å². The first-order valence-corrected chi connectivity index (χ1v) is 4.60. The number of halogens is 1. The summed E-state index contributed by atoms with van der Waals surface area (Å²) >= 11 is 0. The highest BCUT2D eigenvalue weighted by Gasteiger charge is 2.37. The van der Waals surface area contributed by atoms with Crippen LogP contribution < -0.4 is 5.32 Å². The standard InChI is InChI=1S/C10H13FN2O/c1-14-10(6-13-7-10)4-8-2-3-12-5-9(8)11/h2-3,5,13H,4,6-7H2,1H3. The molecule has 3 nitrogen and oxygen atoms in total. The summed E-state index contributed by atoms with van der Waals surface area (Å²) in [5.74, 6) is -0.254. The SMILES string of the molecule is COC1(Cc2ccncc2F)CNC1. The average molecular weight is 196 g/mol. The van der Waals surface area contributed by atoms with Crippen LogP contribution in [0, 0.1) is 5.82 Å². The van der Waals surface area contributed by atoms with Crippen molar-refractivity contribution in [3.8, 4) is 0 Å². The summed E-state index contributed by atoms with van der Waals surface area (Å²) in [6.07, 6.45) is 3.45. The third-order valence-corrected chi connectivity index (χ3v) is 2.70. The van der Waals surface area contributed by atoms with Crippen LogP contribution in [-0.4, -0.2) is 30.8 Å². The highest BCUT2D eigenvalue weighted by atomic mass is 19.1. The Bertz CT molecular complexity index is 320. The van der Waals surface area contributed by atoms with Crippen LogP contribution in [0.15, 0.2) is 18.5 Å². The minimum Gasteiger partial charge on any atom is -0.375 e. The Morgan fingerprint density at radius 3 is 2.93 bits per heavy atom. The third kappa shape index (κ3) is 1.63. The van der Waals surface area contributed by atoms with Crippen LogP contribution >= 0.6 is 0 Å². The predicted octanol–water partition coefficient (Wildman–Crippen LogP) is 0.752. The molecular weight excluding hydrogens is 183 g/mol. The molecule has 0 aliphatic carbocycles. The number of pyridine rings is 1. The Hall–Kier alpha value is -1.00. The smallest absolute Gasteiger partial charge is 0.144 e. The average Bonchev–Trinajstić information content (AvgIpc) is 2.14. The van der Waals surface area contributed by atoms with Crippen molar-refractivity contribution < 1.29 is 9.13 Å². The largest absolute Gasteiger partial charge is 0.375 e. The summed E-state index contributed by atoms with van der Waals surface area (Å²) in [4.78, 5) is 3.71. The maximum atomic E-state index is 13.3. The molecule has 0 radical (unpaired) electrons.